The second-order valence-electron chi connectivity index (χ2n) is 8.21. The van der Waals surface area contributed by atoms with Crippen molar-refractivity contribution in [2.24, 2.45) is 4.99 Å². The number of hydrogen-bond donors (Lipinski definition) is 1. The molecule has 2 aliphatic rings. The molecule has 1 fully saturated rings. The molecule has 35 heavy (non-hydrogen) atoms. The molecule has 4 rings (SSSR count). The van der Waals surface area contributed by atoms with E-state index in [-0.39, 0.29) is 23.9 Å². The van der Waals surface area contributed by atoms with Crippen molar-refractivity contribution in [1.82, 2.24) is 14.6 Å². The molecule has 1 atom stereocenters. The fourth-order valence-electron chi connectivity index (χ4n) is 3.90. The van der Waals surface area contributed by atoms with Crippen LogP contribution in [0.2, 0.25) is 0 Å². The van der Waals surface area contributed by atoms with Crippen LogP contribution in [-0.4, -0.2) is 57.3 Å². The molecule has 0 spiro atoms. The van der Waals surface area contributed by atoms with Gasteiger partial charge in [0.2, 0.25) is 0 Å². The van der Waals surface area contributed by atoms with E-state index in [9.17, 15) is 19.1 Å². The van der Waals surface area contributed by atoms with E-state index in [2.05, 4.69) is 21.7 Å². The number of anilines is 1. The number of aromatic nitrogens is 3. The quantitative estimate of drug-likeness (QED) is 0.614. The Morgan fingerprint density at radius 1 is 1.43 bits per heavy atom. The Hall–Kier alpha value is -3.39. The van der Waals surface area contributed by atoms with Crippen molar-refractivity contribution < 1.29 is 18.6 Å². The summed E-state index contributed by atoms with van der Waals surface area (Å²) in [7, 11) is 0. The van der Waals surface area contributed by atoms with Gasteiger partial charge in [-0.1, -0.05) is 24.3 Å². The summed E-state index contributed by atoms with van der Waals surface area (Å²) in [5.41, 5.74) is 1.63. The Bertz CT molecular complexity index is 1330. The van der Waals surface area contributed by atoms with Gasteiger partial charge in [-0.25, -0.2) is 13.8 Å². The number of allylic oxidation sites excluding steroid dienone is 5. The fraction of sp³-hybridized carbons (Fsp3) is 0.333. The summed E-state index contributed by atoms with van der Waals surface area (Å²) in [6, 6.07) is 1.82. The van der Waals surface area contributed by atoms with Crippen molar-refractivity contribution in [2.75, 3.05) is 24.6 Å². The lowest BCUT2D eigenvalue weighted by atomic mass is 10.0. The van der Waals surface area contributed by atoms with E-state index in [4.69, 9.17) is 16.3 Å². The average Bonchev–Trinajstić information content (AvgIpc) is 3.14. The number of fused-ring (bicyclic) bond motifs is 1. The van der Waals surface area contributed by atoms with E-state index < -0.39 is 18.2 Å². The first-order chi connectivity index (χ1) is 16.7. The molecular formula is C24H23ClF2N6O2. The maximum absolute atomic E-state index is 13.7. The molecule has 0 saturated carbocycles. The highest BCUT2D eigenvalue weighted by atomic mass is 35.5. The van der Waals surface area contributed by atoms with Crippen LogP contribution in [0.1, 0.15) is 35.9 Å². The molecule has 0 amide bonds. The Morgan fingerprint density at radius 3 is 2.80 bits per heavy atom. The van der Waals surface area contributed by atoms with Crippen molar-refractivity contribution in [3.8, 4) is 6.07 Å². The fourth-order valence-corrected chi connectivity index (χ4v) is 4.07. The molecule has 1 aliphatic carbocycles. The van der Waals surface area contributed by atoms with Gasteiger partial charge in [-0.15, -0.1) is 0 Å². The number of halogens is 3. The van der Waals surface area contributed by atoms with Gasteiger partial charge in [-0.3, -0.25) is 4.99 Å². The normalized spacial score (nSPS) is 19.4. The topological polar surface area (TPSA) is 99.0 Å². The molecule has 2 aromatic heterocycles. The van der Waals surface area contributed by atoms with Gasteiger partial charge >= 0.3 is 0 Å². The van der Waals surface area contributed by atoms with E-state index in [1.165, 1.54) is 10.7 Å². The minimum Gasteiger partial charge on any atom is -0.391 e. The smallest absolute Gasteiger partial charge is 0.283 e. The Balaban J connectivity index is 1.87. The largest absolute Gasteiger partial charge is 0.391 e. The van der Waals surface area contributed by atoms with Crippen LogP contribution in [0.5, 0.6) is 0 Å². The number of ether oxygens (including phenoxy) is 1. The Kier molecular flexibility index (Phi) is 7.12. The first kappa shape index (κ1) is 24.7. The molecule has 1 saturated heterocycles. The van der Waals surface area contributed by atoms with Crippen LogP contribution in [0.15, 0.2) is 46.6 Å². The molecule has 0 aromatic carbocycles. The molecule has 3 heterocycles. The number of alkyl halides is 2. The minimum absolute atomic E-state index is 0.0629. The zero-order valence-corrected chi connectivity index (χ0v) is 19.9. The zero-order chi connectivity index (χ0) is 25.3. The summed E-state index contributed by atoms with van der Waals surface area (Å²) >= 11 is 6.14. The molecule has 11 heteroatoms. The number of aryl methyl sites for hydroxylation is 1. The standard InChI is InChI=1S/C24H23ClF2N6O2/c1-4-29-20-8-16(25)6-5-15(20)7-18-14(3)30-23-19(9-28)21(22(26)27)31-33(23)24(18)32-10-17(11-32)35-12-13(2)34/h4-8,13,17,22,34H,1,10-12H2,2-3H3/b15-7+,29-20?. The maximum Gasteiger partial charge on any atom is 0.283 e. The highest BCUT2D eigenvalue weighted by Crippen LogP contribution is 2.34. The van der Waals surface area contributed by atoms with Crippen molar-refractivity contribution in [3.05, 3.63) is 64.1 Å². The number of aliphatic imine (C=N–C) groups is 1. The van der Waals surface area contributed by atoms with E-state index in [0.717, 1.165) is 0 Å². The highest BCUT2D eigenvalue weighted by molar-refractivity contribution is 6.35. The molecule has 1 aliphatic heterocycles. The van der Waals surface area contributed by atoms with Crippen molar-refractivity contribution >= 4 is 34.9 Å². The molecule has 1 unspecified atom stereocenters. The number of nitriles is 1. The van der Waals surface area contributed by atoms with Gasteiger partial charge in [0.15, 0.2) is 5.65 Å². The van der Waals surface area contributed by atoms with Crippen LogP contribution in [0, 0.1) is 18.3 Å². The van der Waals surface area contributed by atoms with Crippen LogP contribution < -0.4 is 4.90 Å². The number of nitrogens with zero attached hydrogens (tertiary/aromatic N) is 6. The van der Waals surface area contributed by atoms with E-state index in [1.54, 1.807) is 32.1 Å². The lowest BCUT2D eigenvalue weighted by molar-refractivity contribution is -0.0146. The van der Waals surface area contributed by atoms with Crippen LogP contribution in [0.4, 0.5) is 14.6 Å². The van der Waals surface area contributed by atoms with Crippen LogP contribution >= 0.6 is 11.6 Å². The van der Waals surface area contributed by atoms with Gasteiger partial charge in [0.1, 0.15) is 23.1 Å². The summed E-state index contributed by atoms with van der Waals surface area (Å²) in [5.74, 6) is 0.507. The number of rotatable bonds is 7. The maximum atomic E-state index is 13.7. The Morgan fingerprint density at radius 2 is 2.17 bits per heavy atom. The van der Waals surface area contributed by atoms with Crippen molar-refractivity contribution in [2.45, 2.75) is 32.5 Å². The lowest BCUT2D eigenvalue weighted by Crippen LogP contribution is -2.54. The molecule has 8 nitrogen and oxygen atoms in total. The Labute approximate surface area is 205 Å². The number of aliphatic hydroxyl groups is 1. The first-order valence-corrected chi connectivity index (χ1v) is 11.2. The average molecular weight is 501 g/mol. The van der Waals surface area contributed by atoms with Crippen LogP contribution in [-0.2, 0) is 4.74 Å². The van der Waals surface area contributed by atoms with Gasteiger partial charge in [-0.2, -0.15) is 14.9 Å². The first-order valence-electron chi connectivity index (χ1n) is 10.9. The molecule has 1 N–H and O–H groups in total. The molecule has 0 radical (unpaired) electrons. The third-order valence-corrected chi connectivity index (χ3v) is 5.79. The molecular weight excluding hydrogens is 478 g/mol. The van der Waals surface area contributed by atoms with Gasteiger partial charge in [0, 0.05) is 35.5 Å². The van der Waals surface area contributed by atoms with Gasteiger partial charge in [-0.05, 0) is 32.1 Å². The van der Waals surface area contributed by atoms with Crippen LogP contribution in [0.25, 0.3) is 11.7 Å². The van der Waals surface area contributed by atoms with E-state index in [1.807, 2.05) is 17.0 Å². The monoisotopic (exact) mass is 500 g/mol. The predicted molar refractivity (Wildman–Crippen MR) is 130 cm³/mol. The van der Waals surface area contributed by atoms with Crippen LogP contribution in [0.3, 0.4) is 0 Å². The summed E-state index contributed by atoms with van der Waals surface area (Å²) in [6.45, 7) is 8.11. The third-order valence-electron chi connectivity index (χ3n) is 5.55. The zero-order valence-electron chi connectivity index (χ0n) is 19.1. The van der Waals surface area contributed by atoms with E-state index in [0.29, 0.717) is 46.5 Å². The molecule has 0 bridgehead atoms. The number of hydrogen-bond acceptors (Lipinski definition) is 7. The SMILES string of the molecule is C=CN=C1C=C(Cl)C=C/C1=C\c1c(C)nc2c(C#N)c(C(F)F)nn2c1N1CC(OCC(C)O)C1. The lowest BCUT2D eigenvalue weighted by Gasteiger charge is -2.41. The summed E-state index contributed by atoms with van der Waals surface area (Å²) in [6.07, 6.45) is 4.75. The molecule has 182 valence electrons. The minimum atomic E-state index is -2.93. The number of aliphatic hydroxyl groups excluding tert-OH is 1. The highest BCUT2D eigenvalue weighted by Gasteiger charge is 2.34. The van der Waals surface area contributed by atoms with Gasteiger partial charge < -0.3 is 14.7 Å². The van der Waals surface area contributed by atoms with Gasteiger partial charge in [0.25, 0.3) is 6.43 Å². The molecule has 2 aromatic rings. The predicted octanol–water partition coefficient (Wildman–Crippen LogP) is 4.09. The van der Waals surface area contributed by atoms with Crippen molar-refractivity contribution in [1.29, 1.82) is 5.26 Å². The summed E-state index contributed by atoms with van der Waals surface area (Å²) in [4.78, 5) is 10.7. The van der Waals surface area contributed by atoms with E-state index >= 15 is 0 Å². The third kappa shape index (κ3) is 4.89. The van der Waals surface area contributed by atoms with Crippen molar-refractivity contribution in [3.63, 3.8) is 0 Å². The summed E-state index contributed by atoms with van der Waals surface area (Å²) < 4.78 is 34.4. The van der Waals surface area contributed by atoms with Gasteiger partial charge in [0.05, 0.1) is 30.2 Å². The second-order valence-corrected chi connectivity index (χ2v) is 8.65. The second kappa shape index (κ2) is 10.1. The summed E-state index contributed by atoms with van der Waals surface area (Å²) in [5, 5.41) is 23.6.